The average Bonchev–Trinajstić information content (AvgIpc) is 2.18. The number of aliphatic carboxylic acids is 1. The summed E-state index contributed by atoms with van der Waals surface area (Å²) in [5.41, 5.74) is -0.410. The van der Waals surface area contributed by atoms with Crippen LogP contribution < -0.4 is 0 Å². The van der Waals surface area contributed by atoms with E-state index in [4.69, 9.17) is 5.11 Å². The number of aliphatic hydroxyl groups excluding tert-OH is 1. The molecule has 1 unspecified atom stereocenters. The molecule has 0 bridgehead atoms. The second-order valence-corrected chi connectivity index (χ2v) is 4.72. The van der Waals surface area contributed by atoms with Gasteiger partial charge < -0.3 is 10.2 Å². The van der Waals surface area contributed by atoms with Gasteiger partial charge in [0.15, 0.2) is 0 Å². The Morgan fingerprint density at radius 2 is 1.93 bits per heavy atom. The summed E-state index contributed by atoms with van der Waals surface area (Å²) in [6.45, 7) is 1.89. The normalized spacial score (nSPS) is 23.0. The molecule has 0 aromatic carbocycles. The Bertz CT molecular complexity index is 197. The van der Waals surface area contributed by atoms with Gasteiger partial charge >= 0.3 is 5.97 Å². The van der Waals surface area contributed by atoms with Crippen LogP contribution in [-0.2, 0) is 4.79 Å². The summed E-state index contributed by atoms with van der Waals surface area (Å²) >= 11 is 0. The molecule has 0 saturated heterocycles. The van der Waals surface area contributed by atoms with Crippen LogP contribution in [0.3, 0.4) is 0 Å². The van der Waals surface area contributed by atoms with Crippen LogP contribution >= 0.6 is 0 Å². The van der Waals surface area contributed by atoms with Gasteiger partial charge in [-0.05, 0) is 18.8 Å². The van der Waals surface area contributed by atoms with Crippen molar-refractivity contribution >= 4 is 5.97 Å². The van der Waals surface area contributed by atoms with E-state index in [1.165, 1.54) is 19.3 Å². The molecule has 1 fully saturated rings. The number of carboxylic acids is 1. The van der Waals surface area contributed by atoms with E-state index in [1.807, 2.05) is 6.92 Å². The number of carbonyl (C=O) groups is 1. The van der Waals surface area contributed by atoms with Gasteiger partial charge in [-0.3, -0.25) is 4.79 Å². The molecule has 0 aromatic rings. The number of aliphatic hydroxyl groups is 1. The third kappa shape index (κ3) is 2.71. The van der Waals surface area contributed by atoms with E-state index in [0.29, 0.717) is 5.92 Å². The van der Waals surface area contributed by atoms with Crippen molar-refractivity contribution in [2.75, 3.05) is 6.61 Å². The maximum atomic E-state index is 10.7. The van der Waals surface area contributed by atoms with E-state index in [2.05, 4.69) is 0 Å². The molecule has 0 radical (unpaired) electrons. The fraction of sp³-hybridized carbons (Fsp3) is 0.909. The van der Waals surface area contributed by atoms with Crippen molar-refractivity contribution in [1.29, 1.82) is 0 Å². The average molecular weight is 200 g/mol. The standard InChI is InChI=1S/C11H20O3/c1-11(8-12,7-10(13)14)9-5-3-2-4-6-9/h9,12H,2-8H2,1H3,(H,13,14). The molecule has 1 atom stereocenters. The van der Waals surface area contributed by atoms with Crippen molar-refractivity contribution in [2.45, 2.75) is 45.4 Å². The zero-order valence-electron chi connectivity index (χ0n) is 8.83. The molecular weight excluding hydrogens is 180 g/mol. The van der Waals surface area contributed by atoms with Crippen molar-refractivity contribution in [3.8, 4) is 0 Å². The Hall–Kier alpha value is -0.570. The van der Waals surface area contributed by atoms with Gasteiger partial charge in [-0.15, -0.1) is 0 Å². The summed E-state index contributed by atoms with van der Waals surface area (Å²) in [6, 6.07) is 0. The third-order valence-electron chi connectivity index (χ3n) is 3.51. The fourth-order valence-electron chi connectivity index (χ4n) is 2.47. The Labute approximate surface area is 85.1 Å². The highest BCUT2D eigenvalue weighted by molar-refractivity contribution is 5.67. The molecule has 0 aliphatic heterocycles. The predicted molar refractivity (Wildman–Crippen MR) is 54.0 cm³/mol. The monoisotopic (exact) mass is 200 g/mol. The highest BCUT2D eigenvalue weighted by Gasteiger charge is 2.36. The van der Waals surface area contributed by atoms with Gasteiger partial charge in [0.05, 0.1) is 6.42 Å². The molecule has 0 amide bonds. The van der Waals surface area contributed by atoms with Crippen molar-refractivity contribution in [2.24, 2.45) is 11.3 Å². The van der Waals surface area contributed by atoms with Crippen molar-refractivity contribution < 1.29 is 15.0 Å². The molecule has 1 aliphatic carbocycles. The second-order valence-electron chi connectivity index (χ2n) is 4.72. The molecule has 3 heteroatoms. The van der Waals surface area contributed by atoms with Crippen LogP contribution in [0.2, 0.25) is 0 Å². The van der Waals surface area contributed by atoms with Crippen LogP contribution in [0.25, 0.3) is 0 Å². The van der Waals surface area contributed by atoms with Crippen molar-refractivity contribution in [1.82, 2.24) is 0 Å². The fourth-order valence-corrected chi connectivity index (χ4v) is 2.47. The maximum absolute atomic E-state index is 10.7. The summed E-state index contributed by atoms with van der Waals surface area (Å²) in [4.78, 5) is 10.7. The van der Waals surface area contributed by atoms with Crippen LogP contribution in [0, 0.1) is 11.3 Å². The Morgan fingerprint density at radius 3 is 2.36 bits per heavy atom. The SMILES string of the molecule is CC(CO)(CC(=O)O)C1CCCCC1. The molecule has 1 aliphatic rings. The van der Waals surface area contributed by atoms with Crippen LogP contribution in [-0.4, -0.2) is 22.8 Å². The third-order valence-corrected chi connectivity index (χ3v) is 3.51. The van der Waals surface area contributed by atoms with Gasteiger partial charge in [-0.1, -0.05) is 26.2 Å². The first-order valence-electron chi connectivity index (χ1n) is 5.41. The lowest BCUT2D eigenvalue weighted by Crippen LogP contribution is -2.35. The molecule has 14 heavy (non-hydrogen) atoms. The van der Waals surface area contributed by atoms with E-state index in [0.717, 1.165) is 12.8 Å². The number of hydrogen-bond acceptors (Lipinski definition) is 2. The van der Waals surface area contributed by atoms with E-state index in [-0.39, 0.29) is 13.0 Å². The largest absolute Gasteiger partial charge is 0.481 e. The lowest BCUT2D eigenvalue weighted by Gasteiger charge is -2.37. The molecule has 0 aromatic heterocycles. The summed E-state index contributed by atoms with van der Waals surface area (Å²) in [5.74, 6) is -0.413. The molecule has 0 spiro atoms. The highest BCUT2D eigenvalue weighted by atomic mass is 16.4. The van der Waals surface area contributed by atoms with E-state index in [9.17, 15) is 9.90 Å². The smallest absolute Gasteiger partial charge is 0.303 e. The Kier molecular flexibility index (Phi) is 3.93. The lowest BCUT2D eigenvalue weighted by molar-refractivity contribution is -0.141. The zero-order valence-corrected chi connectivity index (χ0v) is 8.83. The van der Waals surface area contributed by atoms with Gasteiger partial charge in [0, 0.05) is 12.0 Å². The predicted octanol–water partition coefficient (Wildman–Crippen LogP) is 2.04. The van der Waals surface area contributed by atoms with Gasteiger partial charge in [0.2, 0.25) is 0 Å². The summed E-state index contributed by atoms with van der Waals surface area (Å²) < 4.78 is 0. The van der Waals surface area contributed by atoms with Gasteiger partial charge in [0.25, 0.3) is 0 Å². The minimum Gasteiger partial charge on any atom is -0.481 e. The minimum absolute atomic E-state index is 0.00995. The van der Waals surface area contributed by atoms with Crippen molar-refractivity contribution in [3.63, 3.8) is 0 Å². The quantitative estimate of drug-likeness (QED) is 0.730. The molecule has 82 valence electrons. The Morgan fingerprint density at radius 1 is 1.36 bits per heavy atom. The molecule has 1 saturated carbocycles. The maximum Gasteiger partial charge on any atom is 0.303 e. The Balaban J connectivity index is 2.61. The van der Waals surface area contributed by atoms with Crippen LogP contribution in [0.4, 0.5) is 0 Å². The van der Waals surface area contributed by atoms with Crippen molar-refractivity contribution in [3.05, 3.63) is 0 Å². The highest BCUT2D eigenvalue weighted by Crippen LogP contribution is 2.40. The van der Waals surface area contributed by atoms with Gasteiger partial charge in [0.1, 0.15) is 0 Å². The number of rotatable bonds is 4. The summed E-state index contributed by atoms with van der Waals surface area (Å²) in [5, 5.41) is 18.1. The van der Waals surface area contributed by atoms with E-state index < -0.39 is 11.4 Å². The molecule has 3 nitrogen and oxygen atoms in total. The van der Waals surface area contributed by atoms with E-state index >= 15 is 0 Å². The summed E-state index contributed by atoms with van der Waals surface area (Å²) in [6.07, 6.45) is 5.85. The topological polar surface area (TPSA) is 57.5 Å². The van der Waals surface area contributed by atoms with Crippen LogP contribution in [0.15, 0.2) is 0 Å². The number of hydrogen-bond donors (Lipinski definition) is 2. The van der Waals surface area contributed by atoms with E-state index in [1.54, 1.807) is 0 Å². The second kappa shape index (κ2) is 4.78. The zero-order chi connectivity index (χ0) is 10.6. The van der Waals surface area contributed by atoms with Crippen LogP contribution in [0.5, 0.6) is 0 Å². The minimum atomic E-state index is -0.799. The first kappa shape index (κ1) is 11.5. The molecule has 0 heterocycles. The number of carboxylic acid groups (broad SMARTS) is 1. The van der Waals surface area contributed by atoms with Gasteiger partial charge in [-0.25, -0.2) is 0 Å². The first-order chi connectivity index (χ1) is 6.58. The summed E-state index contributed by atoms with van der Waals surface area (Å²) in [7, 11) is 0. The molecule has 1 rings (SSSR count). The lowest BCUT2D eigenvalue weighted by atomic mass is 9.68. The molecule has 2 N–H and O–H groups in total. The van der Waals surface area contributed by atoms with Crippen LogP contribution in [0.1, 0.15) is 45.4 Å². The molecular formula is C11H20O3. The van der Waals surface area contributed by atoms with Gasteiger partial charge in [-0.2, -0.15) is 0 Å². The first-order valence-corrected chi connectivity index (χ1v) is 5.41.